The molecule has 0 radical (unpaired) electrons. The van der Waals surface area contributed by atoms with Crippen LogP contribution < -0.4 is 33.5 Å². The smallest absolute Gasteiger partial charge is 0.223 e. The molecule has 0 aromatic carbocycles. The zero-order valence-corrected chi connectivity index (χ0v) is 19.5. The Kier molecular flexibility index (Phi) is 14.7. The molecular formula is C21H30FeN6O6. The molecule has 0 aliphatic rings. The second kappa shape index (κ2) is 16.3. The van der Waals surface area contributed by atoms with Gasteiger partial charge in [-0.3, -0.25) is 14.4 Å². The molecule has 0 saturated carbocycles. The van der Waals surface area contributed by atoms with Crippen molar-refractivity contribution in [2.45, 2.75) is 19.6 Å². The average Bonchev–Trinajstić information content (AvgIpc) is 2.78. The Balaban J connectivity index is 0.000000473. The van der Waals surface area contributed by atoms with Gasteiger partial charge in [0.25, 0.3) is 0 Å². The number of rotatable bonds is 6. The molecule has 0 atom stereocenters. The molecule has 12 nitrogen and oxygen atoms in total. The Morgan fingerprint density at radius 1 is 0.559 bits per heavy atom. The zero-order valence-electron chi connectivity index (χ0n) is 18.4. The third-order valence-electron chi connectivity index (χ3n) is 4.04. The van der Waals surface area contributed by atoms with Crippen LogP contribution in [-0.2, 0) is 36.7 Å². The van der Waals surface area contributed by atoms with Crippen LogP contribution in [0.1, 0.15) is 0 Å². The Hall–Kier alpha value is -3.35. The minimum Gasteiger partial charge on any atom is -0.503 e. The maximum atomic E-state index is 10.7. The van der Waals surface area contributed by atoms with E-state index in [1.165, 1.54) is 36.8 Å². The number of nitrogens with zero attached hydrogens (tertiary/aromatic N) is 3. The minimum atomic E-state index is -0.363. The van der Waals surface area contributed by atoms with Crippen LogP contribution in [0.5, 0.6) is 17.2 Å². The molecule has 3 aromatic rings. The third kappa shape index (κ3) is 11.0. The number of aromatic nitrogens is 3. The van der Waals surface area contributed by atoms with Gasteiger partial charge < -0.3 is 46.2 Å². The molecule has 9 N–H and O–H groups in total. The fourth-order valence-corrected chi connectivity index (χ4v) is 2.40. The summed E-state index contributed by atoms with van der Waals surface area (Å²) in [6.07, 6.45) is 8.89. The van der Waals surface area contributed by atoms with Crippen molar-refractivity contribution in [2.75, 3.05) is 19.6 Å². The summed E-state index contributed by atoms with van der Waals surface area (Å²) in [5.74, 6) is -0.706. The first-order chi connectivity index (χ1) is 15.7. The van der Waals surface area contributed by atoms with Crippen molar-refractivity contribution >= 4 is 0 Å². The van der Waals surface area contributed by atoms with Crippen molar-refractivity contribution in [2.24, 2.45) is 17.2 Å². The van der Waals surface area contributed by atoms with Gasteiger partial charge in [-0.05, 0) is 0 Å². The normalized spacial score (nSPS) is 9.62. The van der Waals surface area contributed by atoms with Crippen molar-refractivity contribution in [3.05, 3.63) is 86.1 Å². The zero-order chi connectivity index (χ0) is 24.8. The molecule has 0 bridgehead atoms. The van der Waals surface area contributed by atoms with Crippen LogP contribution >= 0.6 is 0 Å². The van der Waals surface area contributed by atoms with E-state index in [9.17, 15) is 14.4 Å². The summed E-state index contributed by atoms with van der Waals surface area (Å²) in [7, 11) is 0. The molecule has 0 aliphatic carbocycles. The van der Waals surface area contributed by atoms with E-state index < -0.39 is 0 Å². The quantitative estimate of drug-likeness (QED) is 0.211. The van der Waals surface area contributed by atoms with Crippen molar-refractivity contribution in [3.8, 4) is 17.2 Å². The van der Waals surface area contributed by atoms with Crippen molar-refractivity contribution in [1.82, 2.24) is 13.7 Å². The van der Waals surface area contributed by atoms with E-state index in [0.717, 1.165) is 0 Å². The Morgan fingerprint density at radius 2 is 0.794 bits per heavy atom. The Bertz CT molecular complexity index is 1030. The minimum absolute atomic E-state index is 0. The monoisotopic (exact) mass is 518 g/mol. The summed E-state index contributed by atoms with van der Waals surface area (Å²) in [5.41, 5.74) is 14.7. The van der Waals surface area contributed by atoms with Gasteiger partial charge in [-0.25, -0.2) is 0 Å². The molecular weight excluding hydrogens is 488 g/mol. The standard InChI is InChI=1S/3C7H10N2O2.Fe/c3*8-2-4-9-3-1-6(10)7(11)5-9;/h3*1,3,5,11H,2,4,8H2;. The second-order valence-corrected chi connectivity index (χ2v) is 6.66. The first-order valence-electron chi connectivity index (χ1n) is 9.99. The summed E-state index contributed by atoms with van der Waals surface area (Å²) in [4.78, 5) is 32.0. The largest absolute Gasteiger partial charge is 0.503 e. The van der Waals surface area contributed by atoms with Crippen LogP contribution in [0.15, 0.2) is 69.8 Å². The predicted molar refractivity (Wildman–Crippen MR) is 124 cm³/mol. The van der Waals surface area contributed by atoms with Crippen LogP contribution in [0.4, 0.5) is 0 Å². The van der Waals surface area contributed by atoms with Gasteiger partial charge in [0.15, 0.2) is 17.2 Å². The van der Waals surface area contributed by atoms with Crippen LogP contribution in [0.2, 0.25) is 0 Å². The van der Waals surface area contributed by atoms with E-state index in [2.05, 4.69) is 0 Å². The fourth-order valence-electron chi connectivity index (χ4n) is 2.40. The predicted octanol–water partition coefficient (Wildman–Crippen LogP) is -1.46. The van der Waals surface area contributed by atoms with Crippen LogP contribution in [0.25, 0.3) is 0 Å². The van der Waals surface area contributed by atoms with Gasteiger partial charge in [-0.1, -0.05) is 0 Å². The van der Waals surface area contributed by atoms with Gasteiger partial charge >= 0.3 is 0 Å². The molecule has 13 heteroatoms. The van der Waals surface area contributed by atoms with Gasteiger partial charge in [0.2, 0.25) is 16.3 Å². The van der Waals surface area contributed by atoms with Crippen LogP contribution in [0.3, 0.4) is 0 Å². The van der Waals surface area contributed by atoms with Crippen LogP contribution in [0, 0.1) is 0 Å². The van der Waals surface area contributed by atoms with Crippen molar-refractivity contribution in [1.29, 1.82) is 0 Å². The second-order valence-electron chi connectivity index (χ2n) is 6.66. The number of pyridine rings is 3. The maximum absolute atomic E-state index is 10.7. The molecule has 34 heavy (non-hydrogen) atoms. The number of nitrogens with two attached hydrogens (primary N) is 3. The van der Waals surface area contributed by atoms with Gasteiger partial charge in [-0.15, -0.1) is 0 Å². The molecule has 3 rings (SSSR count). The Morgan fingerprint density at radius 3 is 0.971 bits per heavy atom. The van der Waals surface area contributed by atoms with Crippen molar-refractivity contribution < 1.29 is 32.4 Å². The van der Waals surface area contributed by atoms with Crippen molar-refractivity contribution in [3.63, 3.8) is 0 Å². The fraction of sp³-hybridized carbons (Fsp3) is 0.286. The number of hydrogen-bond donors (Lipinski definition) is 6. The summed E-state index contributed by atoms with van der Waals surface area (Å²) in [6, 6.07) is 3.93. The summed E-state index contributed by atoms with van der Waals surface area (Å²) in [6.45, 7) is 3.28. The summed E-state index contributed by atoms with van der Waals surface area (Å²) in [5, 5.41) is 26.9. The van der Waals surface area contributed by atoms with E-state index in [1.807, 2.05) is 0 Å². The number of hydrogen-bond acceptors (Lipinski definition) is 9. The van der Waals surface area contributed by atoms with E-state index >= 15 is 0 Å². The topological polar surface area (TPSA) is 205 Å². The first kappa shape index (κ1) is 30.6. The van der Waals surface area contributed by atoms with E-state index in [0.29, 0.717) is 39.3 Å². The molecule has 3 heterocycles. The molecule has 0 fully saturated rings. The first-order valence-corrected chi connectivity index (χ1v) is 9.99. The van der Waals surface area contributed by atoms with Gasteiger partial charge in [0.1, 0.15) is 0 Å². The molecule has 0 unspecified atom stereocenters. The third-order valence-corrected chi connectivity index (χ3v) is 4.04. The van der Waals surface area contributed by atoms with Crippen LogP contribution in [-0.4, -0.2) is 48.7 Å². The summed E-state index contributed by atoms with van der Waals surface area (Å²) >= 11 is 0. The molecule has 0 amide bonds. The van der Waals surface area contributed by atoms with E-state index in [1.54, 1.807) is 32.3 Å². The SMILES string of the molecule is NCCn1ccc(=O)c(O)c1.NCCn1ccc(=O)c(O)c1.NCCn1ccc(=O)c(O)c1.[Fe]. The van der Waals surface area contributed by atoms with Gasteiger partial charge in [-0.2, -0.15) is 0 Å². The summed E-state index contributed by atoms with van der Waals surface area (Å²) < 4.78 is 4.99. The average molecular weight is 518 g/mol. The molecule has 0 saturated heterocycles. The molecule has 0 aliphatic heterocycles. The number of aromatic hydroxyl groups is 3. The van der Waals surface area contributed by atoms with E-state index in [-0.39, 0.29) is 50.6 Å². The van der Waals surface area contributed by atoms with E-state index in [4.69, 9.17) is 32.5 Å². The maximum Gasteiger partial charge on any atom is 0.223 e. The van der Waals surface area contributed by atoms with Gasteiger partial charge in [0.05, 0.1) is 0 Å². The Labute approximate surface area is 206 Å². The van der Waals surface area contributed by atoms with Gasteiger partial charge in [0, 0.05) is 112 Å². The molecule has 0 spiro atoms. The molecule has 3 aromatic heterocycles. The molecule has 188 valence electrons.